The first-order valence-corrected chi connectivity index (χ1v) is 9.02. The fourth-order valence-corrected chi connectivity index (χ4v) is 3.75. The van der Waals surface area contributed by atoms with Crippen LogP contribution in [0.1, 0.15) is 26.3 Å². The van der Waals surface area contributed by atoms with Gasteiger partial charge in [0.1, 0.15) is 5.82 Å². The van der Waals surface area contributed by atoms with E-state index < -0.39 is 11.7 Å². The van der Waals surface area contributed by atoms with E-state index in [1.165, 1.54) is 23.9 Å². The second-order valence-electron chi connectivity index (χ2n) is 5.93. The van der Waals surface area contributed by atoms with Gasteiger partial charge in [-0.1, -0.05) is 23.9 Å². The molecular weight excluding hydrogens is 365 g/mol. The Bertz CT molecular complexity index is 1040. The molecule has 1 aromatic heterocycles. The van der Waals surface area contributed by atoms with Gasteiger partial charge in [0, 0.05) is 29.4 Å². The predicted octanol–water partition coefficient (Wildman–Crippen LogP) is 3.87. The topological polar surface area (TPSA) is 71.1 Å². The Kier molecular flexibility index (Phi) is 4.60. The summed E-state index contributed by atoms with van der Waals surface area (Å²) in [5.41, 5.74) is 2.05. The number of fused-ring (bicyclic) bond motifs is 2. The maximum Gasteiger partial charge on any atom is 0.256 e. The average Bonchev–Trinajstić information content (AvgIpc) is 2.83. The van der Waals surface area contributed by atoms with Crippen LogP contribution in [-0.4, -0.2) is 16.8 Å². The molecule has 2 aromatic carbocycles. The van der Waals surface area contributed by atoms with Gasteiger partial charge in [-0.25, -0.2) is 4.39 Å². The largest absolute Gasteiger partial charge is 0.348 e. The Morgan fingerprint density at radius 3 is 2.89 bits per heavy atom. The zero-order valence-corrected chi connectivity index (χ0v) is 14.8. The normalized spacial score (nSPS) is 12.4. The van der Waals surface area contributed by atoms with E-state index in [1.807, 2.05) is 6.07 Å². The molecule has 0 fully saturated rings. The first-order chi connectivity index (χ1) is 13.1. The van der Waals surface area contributed by atoms with Crippen molar-refractivity contribution in [2.24, 2.45) is 0 Å². The molecule has 7 heteroatoms. The van der Waals surface area contributed by atoms with Crippen molar-refractivity contribution in [1.29, 1.82) is 0 Å². The Labute approximate surface area is 159 Å². The number of benzene rings is 2. The highest BCUT2D eigenvalue weighted by molar-refractivity contribution is 7.99. The van der Waals surface area contributed by atoms with E-state index in [0.29, 0.717) is 22.7 Å². The quantitative estimate of drug-likeness (QED) is 0.725. The number of halogens is 1. The first-order valence-electron chi connectivity index (χ1n) is 8.21. The van der Waals surface area contributed by atoms with Crippen LogP contribution in [0.25, 0.3) is 0 Å². The van der Waals surface area contributed by atoms with E-state index >= 15 is 0 Å². The van der Waals surface area contributed by atoms with Crippen LogP contribution in [0.3, 0.4) is 0 Å². The van der Waals surface area contributed by atoms with Crippen molar-refractivity contribution in [1.82, 2.24) is 10.3 Å². The van der Waals surface area contributed by atoms with Gasteiger partial charge in [0.2, 0.25) is 0 Å². The van der Waals surface area contributed by atoms with E-state index in [9.17, 15) is 14.0 Å². The molecule has 0 bridgehead atoms. The second-order valence-corrected chi connectivity index (χ2v) is 6.98. The zero-order chi connectivity index (χ0) is 18.8. The standard InChI is InChI=1S/C20H14FN3O2S/c21-15-5-1-4-14-18(15)27-17-7-6-13(9-16(17)24-20(14)26)19(25)23-11-12-3-2-8-22-10-12/h1-10H,11H2,(H,23,25)(H,24,26). The lowest BCUT2D eigenvalue weighted by molar-refractivity contribution is 0.0949. The second kappa shape index (κ2) is 7.20. The van der Waals surface area contributed by atoms with Crippen molar-refractivity contribution in [3.05, 3.63) is 83.4 Å². The van der Waals surface area contributed by atoms with Crippen LogP contribution in [0.15, 0.2) is 70.7 Å². The molecular formula is C20H14FN3O2S. The van der Waals surface area contributed by atoms with Gasteiger partial charge in [0.15, 0.2) is 0 Å². The number of anilines is 1. The van der Waals surface area contributed by atoms with Gasteiger partial charge in [0.25, 0.3) is 11.8 Å². The highest BCUT2D eigenvalue weighted by atomic mass is 32.2. The van der Waals surface area contributed by atoms with Crippen LogP contribution in [0.5, 0.6) is 0 Å². The third kappa shape index (κ3) is 3.54. The summed E-state index contributed by atoms with van der Waals surface area (Å²) in [6, 6.07) is 13.0. The van der Waals surface area contributed by atoms with Gasteiger partial charge in [-0.3, -0.25) is 14.6 Å². The lowest BCUT2D eigenvalue weighted by Crippen LogP contribution is -2.23. The van der Waals surface area contributed by atoms with Crippen molar-refractivity contribution in [2.75, 3.05) is 5.32 Å². The highest BCUT2D eigenvalue weighted by Crippen LogP contribution is 2.40. The summed E-state index contributed by atoms with van der Waals surface area (Å²) in [5, 5.41) is 5.58. The average molecular weight is 379 g/mol. The van der Waals surface area contributed by atoms with Crippen molar-refractivity contribution in [3.8, 4) is 0 Å². The molecule has 2 heterocycles. The monoisotopic (exact) mass is 379 g/mol. The summed E-state index contributed by atoms with van der Waals surface area (Å²) in [6.45, 7) is 0.349. The summed E-state index contributed by atoms with van der Waals surface area (Å²) >= 11 is 1.17. The van der Waals surface area contributed by atoms with E-state index in [-0.39, 0.29) is 16.4 Å². The number of nitrogens with zero attached hydrogens (tertiary/aromatic N) is 1. The summed E-state index contributed by atoms with van der Waals surface area (Å²) < 4.78 is 14.1. The van der Waals surface area contributed by atoms with Crippen molar-refractivity contribution >= 4 is 29.3 Å². The fourth-order valence-electron chi connectivity index (χ4n) is 2.74. The minimum atomic E-state index is -0.446. The third-order valence-corrected chi connectivity index (χ3v) is 5.28. The van der Waals surface area contributed by atoms with Crippen molar-refractivity contribution in [2.45, 2.75) is 16.3 Å². The van der Waals surface area contributed by atoms with Crippen LogP contribution < -0.4 is 10.6 Å². The fraction of sp³-hybridized carbons (Fsp3) is 0.0500. The zero-order valence-electron chi connectivity index (χ0n) is 14.0. The number of rotatable bonds is 3. The molecule has 3 aromatic rings. The van der Waals surface area contributed by atoms with Crippen molar-refractivity contribution in [3.63, 3.8) is 0 Å². The summed E-state index contributed by atoms with van der Waals surface area (Å²) in [5.74, 6) is -1.11. The van der Waals surface area contributed by atoms with E-state index in [1.54, 1.807) is 42.7 Å². The molecule has 2 N–H and O–H groups in total. The van der Waals surface area contributed by atoms with Gasteiger partial charge in [-0.05, 0) is 42.0 Å². The third-order valence-electron chi connectivity index (χ3n) is 4.09. The number of aromatic nitrogens is 1. The molecule has 1 aliphatic heterocycles. The maximum absolute atomic E-state index is 14.1. The molecule has 2 amide bonds. The smallest absolute Gasteiger partial charge is 0.256 e. The molecule has 1 aliphatic rings. The summed E-state index contributed by atoms with van der Waals surface area (Å²) in [7, 11) is 0. The molecule has 4 rings (SSSR count). The maximum atomic E-state index is 14.1. The highest BCUT2D eigenvalue weighted by Gasteiger charge is 2.23. The number of carbonyl (C=O) groups excluding carboxylic acids is 2. The molecule has 0 saturated heterocycles. The number of hydrogen-bond donors (Lipinski definition) is 2. The molecule has 27 heavy (non-hydrogen) atoms. The van der Waals surface area contributed by atoms with Crippen LogP contribution in [-0.2, 0) is 6.54 Å². The van der Waals surface area contributed by atoms with E-state index in [2.05, 4.69) is 15.6 Å². The minimum Gasteiger partial charge on any atom is -0.348 e. The Morgan fingerprint density at radius 2 is 2.07 bits per heavy atom. The minimum absolute atomic E-state index is 0.270. The van der Waals surface area contributed by atoms with Crippen LogP contribution in [0, 0.1) is 5.82 Å². The molecule has 0 spiro atoms. The molecule has 0 atom stereocenters. The lowest BCUT2D eigenvalue weighted by Gasteiger charge is -2.10. The van der Waals surface area contributed by atoms with E-state index in [4.69, 9.17) is 0 Å². The number of nitrogens with one attached hydrogen (secondary N) is 2. The molecule has 0 unspecified atom stereocenters. The Balaban J connectivity index is 1.57. The molecule has 134 valence electrons. The van der Waals surface area contributed by atoms with Gasteiger partial charge in [0.05, 0.1) is 16.1 Å². The van der Waals surface area contributed by atoms with E-state index in [0.717, 1.165) is 5.56 Å². The van der Waals surface area contributed by atoms with Crippen LogP contribution in [0.4, 0.5) is 10.1 Å². The van der Waals surface area contributed by atoms with Gasteiger partial charge in [-0.15, -0.1) is 0 Å². The Morgan fingerprint density at radius 1 is 1.19 bits per heavy atom. The predicted molar refractivity (Wildman–Crippen MR) is 100 cm³/mol. The van der Waals surface area contributed by atoms with Crippen molar-refractivity contribution < 1.29 is 14.0 Å². The number of carbonyl (C=O) groups is 2. The molecule has 5 nitrogen and oxygen atoms in total. The first kappa shape index (κ1) is 17.2. The van der Waals surface area contributed by atoms with Gasteiger partial charge >= 0.3 is 0 Å². The Hall–Kier alpha value is -3.19. The molecule has 0 radical (unpaired) electrons. The summed E-state index contributed by atoms with van der Waals surface area (Å²) in [6.07, 6.45) is 3.35. The van der Waals surface area contributed by atoms with Gasteiger partial charge in [-0.2, -0.15) is 0 Å². The number of amides is 2. The number of pyridine rings is 1. The molecule has 0 saturated carbocycles. The van der Waals surface area contributed by atoms with Crippen LogP contribution in [0.2, 0.25) is 0 Å². The number of hydrogen-bond acceptors (Lipinski definition) is 4. The SMILES string of the molecule is O=C(NCc1cccnc1)c1ccc2c(c1)NC(=O)c1cccc(F)c1S2. The van der Waals surface area contributed by atoms with Crippen LogP contribution >= 0.6 is 11.8 Å². The summed E-state index contributed by atoms with van der Waals surface area (Å²) in [4.78, 5) is 29.8. The van der Waals surface area contributed by atoms with Gasteiger partial charge < -0.3 is 10.6 Å². The lowest BCUT2D eigenvalue weighted by atomic mass is 10.1. The molecule has 0 aliphatic carbocycles.